The smallest absolute Gasteiger partial charge is 0.308 e. The SMILES string of the molecule is CCCCC(=[N+]=[N-])c1cccs1. The molecule has 0 radical (unpaired) electrons. The molecule has 12 heavy (non-hydrogen) atoms. The van der Waals surface area contributed by atoms with Gasteiger partial charge in [0.2, 0.25) is 0 Å². The van der Waals surface area contributed by atoms with Gasteiger partial charge in [0, 0.05) is 0 Å². The Hall–Kier alpha value is -0.920. The summed E-state index contributed by atoms with van der Waals surface area (Å²) in [6.07, 6.45) is 3.08. The fourth-order valence-corrected chi connectivity index (χ4v) is 1.75. The van der Waals surface area contributed by atoms with Crippen LogP contribution in [0.1, 0.15) is 31.1 Å². The second-order valence-electron chi connectivity index (χ2n) is 2.63. The summed E-state index contributed by atoms with van der Waals surface area (Å²) in [6.45, 7) is 2.13. The van der Waals surface area contributed by atoms with Crippen LogP contribution in [0.15, 0.2) is 17.5 Å². The first-order valence-electron chi connectivity index (χ1n) is 4.13. The lowest BCUT2D eigenvalue weighted by Gasteiger charge is -1.89. The second-order valence-corrected chi connectivity index (χ2v) is 3.58. The first kappa shape index (κ1) is 9.17. The van der Waals surface area contributed by atoms with Gasteiger partial charge in [0.25, 0.3) is 0 Å². The number of nitrogens with zero attached hydrogens (tertiary/aromatic N) is 2. The Labute approximate surface area is 76.5 Å². The van der Waals surface area contributed by atoms with Crippen LogP contribution in [0.4, 0.5) is 0 Å². The van der Waals surface area contributed by atoms with E-state index in [1.54, 1.807) is 11.3 Å². The van der Waals surface area contributed by atoms with E-state index in [0.29, 0.717) is 0 Å². The van der Waals surface area contributed by atoms with Crippen LogP contribution in [0.25, 0.3) is 5.53 Å². The van der Waals surface area contributed by atoms with Crippen LogP contribution < -0.4 is 0 Å². The van der Waals surface area contributed by atoms with Crippen molar-refractivity contribution in [3.63, 3.8) is 0 Å². The Morgan fingerprint density at radius 1 is 1.67 bits per heavy atom. The number of thiophene rings is 1. The van der Waals surface area contributed by atoms with Gasteiger partial charge >= 0.3 is 5.71 Å². The maximum atomic E-state index is 8.72. The average molecular weight is 180 g/mol. The Morgan fingerprint density at radius 3 is 3.00 bits per heavy atom. The van der Waals surface area contributed by atoms with E-state index in [2.05, 4.69) is 11.7 Å². The van der Waals surface area contributed by atoms with E-state index < -0.39 is 0 Å². The molecule has 1 aromatic rings. The van der Waals surface area contributed by atoms with Crippen LogP contribution in [0, 0.1) is 0 Å². The zero-order valence-corrected chi connectivity index (χ0v) is 7.97. The summed E-state index contributed by atoms with van der Waals surface area (Å²) in [6, 6.07) is 3.95. The highest BCUT2D eigenvalue weighted by atomic mass is 32.1. The van der Waals surface area contributed by atoms with E-state index >= 15 is 0 Å². The molecule has 0 atom stereocenters. The lowest BCUT2D eigenvalue weighted by atomic mass is 10.1. The highest BCUT2D eigenvalue weighted by Crippen LogP contribution is 2.12. The molecule has 0 aliphatic carbocycles. The van der Waals surface area contributed by atoms with E-state index in [4.69, 9.17) is 5.53 Å². The van der Waals surface area contributed by atoms with Crippen molar-refractivity contribution in [1.82, 2.24) is 0 Å². The Balaban J connectivity index is 2.65. The molecule has 0 aliphatic rings. The van der Waals surface area contributed by atoms with Crippen molar-refractivity contribution in [2.45, 2.75) is 26.2 Å². The summed E-state index contributed by atoms with van der Waals surface area (Å²) < 4.78 is 0. The number of rotatable bonds is 4. The molecule has 0 spiro atoms. The van der Waals surface area contributed by atoms with Crippen molar-refractivity contribution >= 4 is 17.0 Å². The molecule has 2 nitrogen and oxygen atoms in total. The molecule has 1 heterocycles. The summed E-state index contributed by atoms with van der Waals surface area (Å²) in [4.78, 5) is 4.37. The maximum absolute atomic E-state index is 8.72. The predicted octanol–water partition coefficient (Wildman–Crippen LogP) is 2.96. The third-order valence-electron chi connectivity index (χ3n) is 1.69. The third-order valence-corrected chi connectivity index (χ3v) is 2.61. The van der Waals surface area contributed by atoms with Gasteiger partial charge in [0.05, 0.1) is 6.42 Å². The van der Waals surface area contributed by atoms with Crippen LogP contribution >= 0.6 is 11.3 Å². The number of unbranched alkanes of at least 4 members (excludes halogenated alkanes) is 1. The molecule has 0 saturated carbocycles. The molecule has 0 bridgehead atoms. The highest BCUT2D eigenvalue weighted by Gasteiger charge is 2.11. The Kier molecular flexibility index (Phi) is 3.71. The minimum atomic E-state index is 0.812. The minimum absolute atomic E-state index is 0.812. The van der Waals surface area contributed by atoms with Gasteiger partial charge in [-0.05, 0) is 17.9 Å². The monoisotopic (exact) mass is 180 g/mol. The van der Waals surface area contributed by atoms with Gasteiger partial charge in [0.1, 0.15) is 4.88 Å². The molecule has 0 aliphatic heterocycles. The lowest BCUT2D eigenvalue weighted by molar-refractivity contribution is -0.00679. The molecule has 0 fully saturated rings. The fraction of sp³-hybridized carbons (Fsp3) is 0.444. The zero-order valence-electron chi connectivity index (χ0n) is 7.16. The molecule has 0 amide bonds. The molecule has 0 N–H and O–H groups in total. The van der Waals surface area contributed by atoms with Crippen molar-refractivity contribution in [3.8, 4) is 0 Å². The van der Waals surface area contributed by atoms with Gasteiger partial charge in [-0.15, -0.1) is 11.3 Å². The van der Waals surface area contributed by atoms with E-state index in [1.807, 2.05) is 17.5 Å². The molecule has 64 valence electrons. The molecule has 3 heteroatoms. The molecule has 0 unspecified atom stereocenters. The lowest BCUT2D eigenvalue weighted by Crippen LogP contribution is -1.98. The third kappa shape index (κ3) is 2.29. The van der Waals surface area contributed by atoms with Crippen LogP contribution in [0.3, 0.4) is 0 Å². The largest absolute Gasteiger partial charge is 0.361 e. The molecular formula is C9H12N2S. The quantitative estimate of drug-likeness (QED) is 0.388. The number of hydrogen-bond donors (Lipinski definition) is 0. The summed E-state index contributed by atoms with van der Waals surface area (Å²) in [5.74, 6) is 0. The van der Waals surface area contributed by atoms with E-state index in [1.165, 1.54) is 0 Å². The summed E-state index contributed by atoms with van der Waals surface area (Å²) in [7, 11) is 0. The van der Waals surface area contributed by atoms with Crippen molar-refractivity contribution < 1.29 is 4.79 Å². The standard InChI is InChI=1S/C9H12N2S/c1-2-3-5-8(11-10)9-6-4-7-12-9/h4,6-7H,2-3,5H2,1H3. The molecule has 1 rings (SSSR count). The van der Waals surface area contributed by atoms with E-state index in [-0.39, 0.29) is 0 Å². The topological polar surface area (TPSA) is 36.4 Å². The Morgan fingerprint density at radius 2 is 2.50 bits per heavy atom. The molecule has 1 aromatic heterocycles. The van der Waals surface area contributed by atoms with Gasteiger partial charge in [-0.2, -0.15) is 4.79 Å². The summed E-state index contributed by atoms with van der Waals surface area (Å²) >= 11 is 1.62. The highest BCUT2D eigenvalue weighted by molar-refractivity contribution is 7.12. The minimum Gasteiger partial charge on any atom is -0.361 e. The van der Waals surface area contributed by atoms with E-state index in [9.17, 15) is 0 Å². The second kappa shape index (κ2) is 4.86. The van der Waals surface area contributed by atoms with Crippen molar-refractivity contribution in [3.05, 3.63) is 27.9 Å². The van der Waals surface area contributed by atoms with Crippen molar-refractivity contribution in [2.75, 3.05) is 0 Å². The number of hydrogen-bond acceptors (Lipinski definition) is 1. The van der Waals surface area contributed by atoms with Gasteiger partial charge in [-0.1, -0.05) is 19.4 Å². The summed E-state index contributed by atoms with van der Waals surface area (Å²) in [5, 5.41) is 1.99. The summed E-state index contributed by atoms with van der Waals surface area (Å²) in [5.41, 5.74) is 9.53. The van der Waals surface area contributed by atoms with Crippen molar-refractivity contribution in [2.24, 2.45) is 0 Å². The molecule has 0 saturated heterocycles. The fourth-order valence-electron chi connectivity index (χ4n) is 1.01. The van der Waals surface area contributed by atoms with Gasteiger partial charge in [-0.25, -0.2) is 0 Å². The van der Waals surface area contributed by atoms with Gasteiger partial charge < -0.3 is 5.53 Å². The van der Waals surface area contributed by atoms with Crippen molar-refractivity contribution in [1.29, 1.82) is 0 Å². The van der Waals surface area contributed by atoms with Crippen LogP contribution in [-0.4, -0.2) is 10.5 Å². The van der Waals surface area contributed by atoms with Gasteiger partial charge in [0.15, 0.2) is 0 Å². The van der Waals surface area contributed by atoms with E-state index in [0.717, 1.165) is 29.9 Å². The molecule has 0 aromatic carbocycles. The normalized spacial score (nSPS) is 9.42. The van der Waals surface area contributed by atoms with Crippen LogP contribution in [0.2, 0.25) is 0 Å². The maximum Gasteiger partial charge on any atom is 0.308 e. The average Bonchev–Trinajstić information content (AvgIpc) is 2.59. The predicted molar refractivity (Wildman–Crippen MR) is 51.6 cm³/mol. The van der Waals surface area contributed by atoms with Crippen LogP contribution in [0.5, 0.6) is 0 Å². The molecular weight excluding hydrogens is 168 g/mol. The zero-order chi connectivity index (χ0) is 8.81. The Bertz CT molecular complexity index is 271. The first-order valence-corrected chi connectivity index (χ1v) is 5.01. The first-order chi connectivity index (χ1) is 5.88. The van der Waals surface area contributed by atoms with Crippen LogP contribution in [-0.2, 0) is 0 Å². The van der Waals surface area contributed by atoms with Gasteiger partial charge in [-0.3, -0.25) is 0 Å².